The summed E-state index contributed by atoms with van der Waals surface area (Å²) in [7, 11) is 3.46. The van der Waals surface area contributed by atoms with Gasteiger partial charge < -0.3 is 19.9 Å². The molecule has 7 heteroatoms. The average molecular weight is 330 g/mol. The molecule has 2 rings (SSSR count). The van der Waals surface area contributed by atoms with E-state index in [1.807, 2.05) is 17.8 Å². The number of aromatic nitrogens is 2. The molecule has 1 aromatic carbocycles. The van der Waals surface area contributed by atoms with Crippen molar-refractivity contribution < 1.29 is 14.3 Å². The zero-order valence-electron chi connectivity index (χ0n) is 13.9. The van der Waals surface area contributed by atoms with Crippen molar-refractivity contribution in [3.05, 3.63) is 48.0 Å². The zero-order chi connectivity index (χ0) is 17.4. The van der Waals surface area contributed by atoms with Crippen molar-refractivity contribution in [3.8, 4) is 5.75 Å². The number of ether oxygens (including phenoxy) is 1. The van der Waals surface area contributed by atoms with Crippen LogP contribution in [0, 0.1) is 0 Å². The maximum atomic E-state index is 12.0. The van der Waals surface area contributed by atoms with Crippen LogP contribution in [0.5, 0.6) is 5.75 Å². The number of benzene rings is 1. The Morgan fingerprint density at radius 1 is 1.25 bits per heavy atom. The lowest BCUT2D eigenvalue weighted by atomic mass is 10.2. The minimum atomic E-state index is -0.227. The van der Waals surface area contributed by atoms with Gasteiger partial charge in [0.05, 0.1) is 7.11 Å². The molecule has 1 heterocycles. The van der Waals surface area contributed by atoms with E-state index in [1.165, 1.54) is 0 Å². The van der Waals surface area contributed by atoms with Gasteiger partial charge in [0.25, 0.3) is 5.91 Å². The minimum Gasteiger partial charge on any atom is -0.497 e. The van der Waals surface area contributed by atoms with Crippen LogP contribution in [-0.2, 0) is 18.3 Å². The van der Waals surface area contributed by atoms with E-state index in [0.717, 1.165) is 5.82 Å². The quantitative estimate of drug-likeness (QED) is 0.753. The molecule has 0 aliphatic carbocycles. The molecule has 0 unspecified atom stereocenters. The molecule has 0 fully saturated rings. The molecule has 0 spiro atoms. The van der Waals surface area contributed by atoms with Gasteiger partial charge in [-0.2, -0.15) is 0 Å². The summed E-state index contributed by atoms with van der Waals surface area (Å²) in [5.41, 5.74) is 0.504. The maximum Gasteiger partial charge on any atom is 0.251 e. The average Bonchev–Trinajstić information content (AvgIpc) is 3.00. The Morgan fingerprint density at radius 2 is 2.08 bits per heavy atom. The van der Waals surface area contributed by atoms with Crippen LogP contribution >= 0.6 is 0 Å². The van der Waals surface area contributed by atoms with E-state index in [9.17, 15) is 9.59 Å². The number of carbonyl (C=O) groups is 2. The van der Waals surface area contributed by atoms with E-state index in [1.54, 1.807) is 37.6 Å². The van der Waals surface area contributed by atoms with E-state index in [4.69, 9.17) is 4.74 Å². The van der Waals surface area contributed by atoms with Crippen molar-refractivity contribution >= 4 is 11.8 Å². The Balaban J connectivity index is 1.66. The van der Waals surface area contributed by atoms with Crippen LogP contribution in [0.15, 0.2) is 36.7 Å². The molecular weight excluding hydrogens is 308 g/mol. The number of nitrogens with one attached hydrogen (secondary N) is 2. The predicted molar refractivity (Wildman–Crippen MR) is 89.9 cm³/mol. The Kier molecular flexibility index (Phi) is 6.36. The van der Waals surface area contributed by atoms with E-state index in [0.29, 0.717) is 24.3 Å². The molecule has 0 aliphatic heterocycles. The molecule has 0 atom stereocenters. The first kappa shape index (κ1) is 17.5. The highest BCUT2D eigenvalue weighted by atomic mass is 16.5. The molecule has 0 saturated heterocycles. The lowest BCUT2D eigenvalue weighted by Gasteiger charge is -2.08. The van der Waals surface area contributed by atoms with Crippen molar-refractivity contribution in [2.45, 2.75) is 12.8 Å². The molecule has 0 bridgehead atoms. The summed E-state index contributed by atoms with van der Waals surface area (Å²) < 4.78 is 7.00. The number of imidazole rings is 1. The molecule has 0 saturated carbocycles. The first-order chi connectivity index (χ1) is 11.6. The lowest BCUT2D eigenvalue weighted by Crippen LogP contribution is -2.31. The summed E-state index contributed by atoms with van der Waals surface area (Å²) >= 11 is 0. The number of nitrogens with zero attached hydrogens (tertiary/aromatic N) is 2. The van der Waals surface area contributed by atoms with Gasteiger partial charge in [0.2, 0.25) is 5.91 Å². The van der Waals surface area contributed by atoms with Gasteiger partial charge in [-0.1, -0.05) is 6.07 Å². The zero-order valence-corrected chi connectivity index (χ0v) is 13.9. The smallest absolute Gasteiger partial charge is 0.251 e. The fraction of sp³-hybridized carbons (Fsp3) is 0.353. The number of aryl methyl sites for hydroxylation is 1. The van der Waals surface area contributed by atoms with Gasteiger partial charge in [0.15, 0.2) is 0 Å². The van der Waals surface area contributed by atoms with Gasteiger partial charge in [0.1, 0.15) is 11.6 Å². The monoisotopic (exact) mass is 330 g/mol. The van der Waals surface area contributed by atoms with E-state index < -0.39 is 0 Å². The van der Waals surface area contributed by atoms with Gasteiger partial charge in [-0.3, -0.25) is 9.59 Å². The first-order valence-electron chi connectivity index (χ1n) is 7.75. The molecule has 128 valence electrons. The van der Waals surface area contributed by atoms with E-state index in [-0.39, 0.29) is 24.8 Å². The van der Waals surface area contributed by atoms with Crippen LogP contribution in [0.25, 0.3) is 0 Å². The number of hydrogen-bond acceptors (Lipinski definition) is 4. The molecule has 2 aromatic rings. The molecule has 24 heavy (non-hydrogen) atoms. The lowest BCUT2D eigenvalue weighted by molar-refractivity contribution is -0.120. The van der Waals surface area contributed by atoms with Crippen LogP contribution in [0.2, 0.25) is 0 Å². The van der Waals surface area contributed by atoms with Gasteiger partial charge in [-0.05, 0) is 18.2 Å². The van der Waals surface area contributed by atoms with Gasteiger partial charge in [-0.25, -0.2) is 4.98 Å². The van der Waals surface area contributed by atoms with Gasteiger partial charge in [0, 0.05) is 50.9 Å². The second-order valence-corrected chi connectivity index (χ2v) is 5.29. The summed E-state index contributed by atoms with van der Waals surface area (Å²) in [6.07, 6.45) is 4.50. The molecular formula is C17H22N4O3. The molecule has 0 aliphatic rings. The number of rotatable bonds is 8. The highest BCUT2D eigenvalue weighted by molar-refractivity contribution is 5.94. The van der Waals surface area contributed by atoms with Crippen LogP contribution in [0.4, 0.5) is 0 Å². The highest BCUT2D eigenvalue weighted by Crippen LogP contribution is 2.12. The summed E-state index contributed by atoms with van der Waals surface area (Å²) in [4.78, 5) is 27.9. The molecule has 0 radical (unpaired) electrons. The van der Waals surface area contributed by atoms with Crippen molar-refractivity contribution in [2.24, 2.45) is 7.05 Å². The fourth-order valence-corrected chi connectivity index (χ4v) is 2.20. The van der Waals surface area contributed by atoms with Crippen LogP contribution < -0.4 is 15.4 Å². The van der Waals surface area contributed by atoms with Crippen molar-refractivity contribution in [3.63, 3.8) is 0 Å². The molecule has 2 amide bonds. The van der Waals surface area contributed by atoms with Crippen LogP contribution in [0.3, 0.4) is 0 Å². The topological polar surface area (TPSA) is 85.2 Å². The number of carbonyl (C=O) groups excluding carboxylic acids is 2. The second-order valence-electron chi connectivity index (χ2n) is 5.29. The summed E-state index contributed by atoms with van der Waals surface area (Å²) in [6, 6.07) is 6.87. The standard InChI is InChI=1S/C17H22N4O3/c1-21-11-10-18-15(21)6-8-19-16(22)7-9-20-17(23)13-4-3-5-14(12-13)24-2/h3-5,10-12H,6-9H2,1-2H3,(H,19,22)(H,20,23). The van der Waals surface area contributed by atoms with Gasteiger partial charge >= 0.3 is 0 Å². The molecule has 1 aromatic heterocycles. The normalized spacial score (nSPS) is 10.2. The fourth-order valence-electron chi connectivity index (χ4n) is 2.20. The predicted octanol–water partition coefficient (Wildman–Crippen LogP) is 0.907. The summed E-state index contributed by atoms with van der Waals surface area (Å²) in [6.45, 7) is 0.803. The Morgan fingerprint density at radius 3 is 2.79 bits per heavy atom. The van der Waals surface area contributed by atoms with Crippen molar-refractivity contribution in [1.82, 2.24) is 20.2 Å². The first-order valence-corrected chi connectivity index (χ1v) is 7.75. The molecule has 7 nitrogen and oxygen atoms in total. The van der Waals surface area contributed by atoms with Gasteiger partial charge in [-0.15, -0.1) is 0 Å². The summed E-state index contributed by atoms with van der Waals surface area (Å²) in [5, 5.41) is 5.54. The highest BCUT2D eigenvalue weighted by Gasteiger charge is 2.08. The number of methoxy groups -OCH3 is 1. The number of hydrogen-bond donors (Lipinski definition) is 2. The molecule has 2 N–H and O–H groups in total. The van der Waals surface area contributed by atoms with Crippen LogP contribution in [0.1, 0.15) is 22.6 Å². The number of amides is 2. The van der Waals surface area contributed by atoms with Crippen molar-refractivity contribution in [2.75, 3.05) is 20.2 Å². The Hall–Kier alpha value is -2.83. The summed E-state index contributed by atoms with van der Waals surface area (Å²) in [5.74, 6) is 1.21. The third kappa shape index (κ3) is 5.12. The van der Waals surface area contributed by atoms with E-state index in [2.05, 4.69) is 15.6 Å². The third-order valence-electron chi connectivity index (χ3n) is 3.56. The minimum absolute atomic E-state index is 0.102. The Labute approximate surface area is 141 Å². The largest absolute Gasteiger partial charge is 0.497 e. The van der Waals surface area contributed by atoms with Crippen LogP contribution in [-0.4, -0.2) is 41.6 Å². The maximum absolute atomic E-state index is 12.0. The van der Waals surface area contributed by atoms with Crippen molar-refractivity contribution in [1.29, 1.82) is 0 Å². The SMILES string of the molecule is COc1cccc(C(=O)NCCC(=O)NCCc2nccn2C)c1. The Bertz CT molecular complexity index is 697. The third-order valence-corrected chi connectivity index (χ3v) is 3.56. The second kappa shape index (κ2) is 8.71. The van der Waals surface area contributed by atoms with E-state index >= 15 is 0 Å².